The standard InChI is InChI=1S/C9H9BrN2O.C2H6/c10-7-2-1-3-8(6-7)12-5-4-11-9(12)13;1-2/h1-3,6H,4-5H2,(H,11,13);1-2H3. The van der Waals surface area contributed by atoms with E-state index in [-0.39, 0.29) is 6.03 Å². The van der Waals surface area contributed by atoms with E-state index < -0.39 is 0 Å². The van der Waals surface area contributed by atoms with Crippen LogP contribution in [0.4, 0.5) is 10.5 Å². The highest BCUT2D eigenvalue weighted by Crippen LogP contribution is 2.20. The Balaban J connectivity index is 0.000000531. The number of carbonyl (C=O) groups is 1. The second-order valence-electron chi connectivity index (χ2n) is 2.86. The predicted molar refractivity (Wildman–Crippen MR) is 66.2 cm³/mol. The van der Waals surface area contributed by atoms with Gasteiger partial charge >= 0.3 is 6.03 Å². The molecular weight excluding hydrogens is 256 g/mol. The van der Waals surface area contributed by atoms with Gasteiger partial charge < -0.3 is 5.32 Å². The number of nitrogens with zero attached hydrogens (tertiary/aromatic N) is 1. The molecule has 0 bridgehead atoms. The van der Waals surface area contributed by atoms with Gasteiger partial charge in [-0.05, 0) is 18.2 Å². The van der Waals surface area contributed by atoms with Crippen molar-refractivity contribution in [2.24, 2.45) is 0 Å². The van der Waals surface area contributed by atoms with Crippen molar-refractivity contribution in [2.45, 2.75) is 13.8 Å². The van der Waals surface area contributed by atoms with Gasteiger partial charge in [-0.25, -0.2) is 4.79 Å². The van der Waals surface area contributed by atoms with E-state index in [1.807, 2.05) is 38.1 Å². The van der Waals surface area contributed by atoms with Crippen molar-refractivity contribution in [1.82, 2.24) is 5.32 Å². The SMILES string of the molecule is CC.O=C1NCCN1c1cccc(Br)c1. The maximum atomic E-state index is 11.3. The lowest BCUT2D eigenvalue weighted by molar-refractivity contribution is 0.252. The molecule has 0 unspecified atom stereocenters. The number of carbonyl (C=O) groups excluding carboxylic acids is 1. The monoisotopic (exact) mass is 270 g/mol. The minimum atomic E-state index is -0.0156. The smallest absolute Gasteiger partial charge is 0.321 e. The molecule has 1 aromatic carbocycles. The molecule has 0 aliphatic carbocycles. The molecule has 0 saturated carbocycles. The highest BCUT2D eigenvalue weighted by atomic mass is 79.9. The van der Waals surface area contributed by atoms with E-state index in [0.717, 1.165) is 23.2 Å². The van der Waals surface area contributed by atoms with E-state index in [0.29, 0.717) is 0 Å². The van der Waals surface area contributed by atoms with Gasteiger partial charge in [0.25, 0.3) is 0 Å². The Kier molecular flexibility index (Phi) is 4.62. The first kappa shape index (κ1) is 12.0. The van der Waals surface area contributed by atoms with E-state index in [1.54, 1.807) is 4.90 Å². The molecule has 2 rings (SSSR count). The molecule has 82 valence electrons. The number of amides is 2. The Morgan fingerprint density at radius 2 is 2.13 bits per heavy atom. The first-order valence-corrected chi connectivity index (χ1v) is 5.87. The number of halogens is 1. The molecule has 1 fully saturated rings. The highest BCUT2D eigenvalue weighted by molar-refractivity contribution is 9.10. The molecule has 3 nitrogen and oxygen atoms in total. The molecule has 1 aliphatic rings. The van der Waals surface area contributed by atoms with Crippen molar-refractivity contribution in [2.75, 3.05) is 18.0 Å². The predicted octanol–water partition coefficient (Wildman–Crippen LogP) is 3.00. The summed E-state index contributed by atoms with van der Waals surface area (Å²) in [6, 6.07) is 7.71. The second-order valence-corrected chi connectivity index (χ2v) is 3.78. The molecular formula is C11H15BrN2O. The van der Waals surface area contributed by atoms with Crippen molar-refractivity contribution in [3.63, 3.8) is 0 Å². The lowest BCUT2D eigenvalue weighted by Gasteiger charge is -2.13. The van der Waals surface area contributed by atoms with Crippen LogP contribution in [0.15, 0.2) is 28.7 Å². The molecule has 0 atom stereocenters. The number of hydrogen-bond acceptors (Lipinski definition) is 1. The first-order chi connectivity index (χ1) is 7.27. The van der Waals surface area contributed by atoms with Crippen LogP contribution in [0.1, 0.15) is 13.8 Å². The Morgan fingerprint density at radius 3 is 2.67 bits per heavy atom. The van der Waals surface area contributed by atoms with E-state index in [9.17, 15) is 4.79 Å². The number of nitrogens with one attached hydrogen (secondary N) is 1. The van der Waals surface area contributed by atoms with Gasteiger partial charge in [0.05, 0.1) is 0 Å². The summed E-state index contributed by atoms with van der Waals surface area (Å²) in [6.07, 6.45) is 0. The van der Waals surface area contributed by atoms with Gasteiger partial charge in [-0.15, -0.1) is 0 Å². The maximum absolute atomic E-state index is 11.3. The molecule has 1 aliphatic heterocycles. The molecule has 1 heterocycles. The molecule has 0 radical (unpaired) electrons. The number of anilines is 1. The van der Waals surface area contributed by atoms with E-state index in [2.05, 4.69) is 21.2 Å². The number of benzene rings is 1. The average Bonchev–Trinajstić information content (AvgIpc) is 2.67. The lowest BCUT2D eigenvalue weighted by atomic mass is 10.3. The van der Waals surface area contributed by atoms with Crippen LogP contribution >= 0.6 is 15.9 Å². The van der Waals surface area contributed by atoms with Crippen molar-refractivity contribution in [3.8, 4) is 0 Å². The number of hydrogen-bond donors (Lipinski definition) is 1. The lowest BCUT2D eigenvalue weighted by Crippen LogP contribution is -2.27. The Bertz CT molecular complexity index is 341. The van der Waals surface area contributed by atoms with Gasteiger partial charge in [0.1, 0.15) is 0 Å². The van der Waals surface area contributed by atoms with Gasteiger partial charge in [0, 0.05) is 23.2 Å². The van der Waals surface area contributed by atoms with Crippen LogP contribution in [0.5, 0.6) is 0 Å². The zero-order valence-corrected chi connectivity index (χ0v) is 10.5. The molecule has 1 N–H and O–H groups in total. The van der Waals surface area contributed by atoms with Crippen molar-refractivity contribution in [3.05, 3.63) is 28.7 Å². The number of rotatable bonds is 1. The van der Waals surface area contributed by atoms with Crippen molar-refractivity contribution >= 4 is 27.6 Å². The number of urea groups is 1. The summed E-state index contributed by atoms with van der Waals surface area (Å²) in [6.45, 7) is 5.47. The molecule has 2 amide bonds. The normalized spacial score (nSPS) is 14.3. The molecule has 1 aromatic rings. The molecule has 0 aromatic heterocycles. The van der Waals surface area contributed by atoms with Crippen LogP contribution in [0.25, 0.3) is 0 Å². The maximum Gasteiger partial charge on any atom is 0.321 e. The van der Waals surface area contributed by atoms with Crippen LogP contribution in [0.3, 0.4) is 0 Å². The third kappa shape index (κ3) is 2.96. The van der Waals surface area contributed by atoms with Crippen LogP contribution in [0.2, 0.25) is 0 Å². The van der Waals surface area contributed by atoms with Crippen LogP contribution < -0.4 is 10.2 Å². The fourth-order valence-electron chi connectivity index (χ4n) is 1.36. The minimum absolute atomic E-state index is 0.0156. The van der Waals surface area contributed by atoms with E-state index in [4.69, 9.17) is 0 Å². The summed E-state index contributed by atoms with van der Waals surface area (Å²) in [7, 11) is 0. The van der Waals surface area contributed by atoms with Crippen molar-refractivity contribution < 1.29 is 4.79 Å². The molecule has 4 heteroatoms. The van der Waals surface area contributed by atoms with Gasteiger partial charge in [0.2, 0.25) is 0 Å². The fraction of sp³-hybridized carbons (Fsp3) is 0.364. The van der Waals surface area contributed by atoms with Crippen LogP contribution in [0, 0.1) is 0 Å². The first-order valence-electron chi connectivity index (χ1n) is 5.08. The zero-order chi connectivity index (χ0) is 11.3. The third-order valence-corrected chi connectivity index (χ3v) is 2.47. The molecule has 15 heavy (non-hydrogen) atoms. The Morgan fingerprint density at radius 1 is 1.40 bits per heavy atom. The fourth-order valence-corrected chi connectivity index (χ4v) is 1.75. The summed E-state index contributed by atoms with van der Waals surface area (Å²) in [4.78, 5) is 13.0. The van der Waals surface area contributed by atoms with Crippen LogP contribution in [-0.4, -0.2) is 19.1 Å². The third-order valence-electron chi connectivity index (χ3n) is 1.98. The average molecular weight is 271 g/mol. The van der Waals surface area contributed by atoms with Gasteiger partial charge in [-0.3, -0.25) is 4.90 Å². The van der Waals surface area contributed by atoms with Crippen molar-refractivity contribution in [1.29, 1.82) is 0 Å². The summed E-state index contributed by atoms with van der Waals surface area (Å²) < 4.78 is 0.990. The van der Waals surface area contributed by atoms with Gasteiger partial charge in [0.15, 0.2) is 0 Å². The second kappa shape index (κ2) is 5.75. The van der Waals surface area contributed by atoms with Gasteiger partial charge in [-0.2, -0.15) is 0 Å². The highest BCUT2D eigenvalue weighted by Gasteiger charge is 2.20. The summed E-state index contributed by atoms with van der Waals surface area (Å²) in [5.74, 6) is 0. The molecule has 1 saturated heterocycles. The topological polar surface area (TPSA) is 32.3 Å². The summed E-state index contributed by atoms with van der Waals surface area (Å²) >= 11 is 3.37. The Labute approximate surface area is 98.6 Å². The largest absolute Gasteiger partial charge is 0.336 e. The zero-order valence-electron chi connectivity index (χ0n) is 8.96. The summed E-state index contributed by atoms with van der Waals surface area (Å²) in [5.41, 5.74) is 0.935. The van der Waals surface area contributed by atoms with E-state index >= 15 is 0 Å². The summed E-state index contributed by atoms with van der Waals surface area (Å²) in [5, 5.41) is 2.76. The Hall–Kier alpha value is -1.03. The van der Waals surface area contributed by atoms with Crippen LogP contribution in [-0.2, 0) is 0 Å². The quantitative estimate of drug-likeness (QED) is 0.836. The van der Waals surface area contributed by atoms with Gasteiger partial charge in [-0.1, -0.05) is 35.8 Å². The van der Waals surface area contributed by atoms with E-state index in [1.165, 1.54) is 0 Å². The minimum Gasteiger partial charge on any atom is -0.336 e. The molecule has 0 spiro atoms.